The second kappa shape index (κ2) is 7.48. The molecule has 0 atom stereocenters. The van der Waals surface area contributed by atoms with E-state index in [-0.39, 0.29) is 12.5 Å². The number of anilines is 2. The van der Waals surface area contributed by atoms with Crippen molar-refractivity contribution < 1.29 is 9.53 Å². The number of hydrogen-bond acceptors (Lipinski definition) is 3. The zero-order valence-corrected chi connectivity index (χ0v) is 15.5. The number of hydrogen-bond donors (Lipinski definition) is 3. The highest BCUT2D eigenvalue weighted by atomic mass is 16.5. The average Bonchev–Trinajstić information content (AvgIpc) is 3.11. The standard InChI is InChI=1S/C23H21N3O2/c1-15-4-2-3-5-22(15)28-14-23(27)25-19-9-6-16(7-10-19)21-13-17-12-18(24)8-11-20(17)26-21/h2-13,26H,14,24H2,1H3,(H,25,27). The summed E-state index contributed by atoms with van der Waals surface area (Å²) in [7, 11) is 0. The summed E-state index contributed by atoms with van der Waals surface area (Å²) in [6, 6.07) is 23.2. The molecule has 0 aliphatic carbocycles. The largest absolute Gasteiger partial charge is 0.483 e. The summed E-state index contributed by atoms with van der Waals surface area (Å²) in [5.74, 6) is 0.518. The number of aromatic nitrogens is 1. The lowest BCUT2D eigenvalue weighted by atomic mass is 10.1. The van der Waals surface area contributed by atoms with Gasteiger partial charge in [0.1, 0.15) is 5.75 Å². The zero-order chi connectivity index (χ0) is 19.5. The van der Waals surface area contributed by atoms with Crippen LogP contribution < -0.4 is 15.8 Å². The number of amides is 1. The fourth-order valence-corrected chi connectivity index (χ4v) is 3.10. The van der Waals surface area contributed by atoms with Crippen LogP contribution in [0.4, 0.5) is 11.4 Å². The number of H-pyrrole nitrogens is 1. The molecule has 0 saturated carbocycles. The smallest absolute Gasteiger partial charge is 0.262 e. The topological polar surface area (TPSA) is 80.1 Å². The lowest BCUT2D eigenvalue weighted by Gasteiger charge is -2.09. The minimum atomic E-state index is -0.197. The van der Waals surface area contributed by atoms with Crippen LogP contribution in [0.1, 0.15) is 5.56 Å². The van der Waals surface area contributed by atoms with Crippen LogP contribution in [0.15, 0.2) is 72.8 Å². The van der Waals surface area contributed by atoms with Gasteiger partial charge in [-0.25, -0.2) is 0 Å². The van der Waals surface area contributed by atoms with Crippen molar-refractivity contribution in [1.29, 1.82) is 0 Å². The van der Waals surface area contributed by atoms with E-state index in [4.69, 9.17) is 10.5 Å². The molecule has 4 rings (SSSR count). The Morgan fingerprint density at radius 2 is 1.82 bits per heavy atom. The molecule has 0 spiro atoms. The molecule has 0 saturated heterocycles. The Balaban J connectivity index is 1.41. The molecule has 0 aliphatic rings. The van der Waals surface area contributed by atoms with E-state index in [1.54, 1.807) is 0 Å². The molecule has 1 aromatic heterocycles. The van der Waals surface area contributed by atoms with Gasteiger partial charge in [-0.15, -0.1) is 0 Å². The van der Waals surface area contributed by atoms with E-state index < -0.39 is 0 Å². The summed E-state index contributed by atoms with van der Waals surface area (Å²) in [6.45, 7) is 1.92. The van der Waals surface area contributed by atoms with Crippen LogP contribution in [-0.2, 0) is 4.79 Å². The number of aromatic amines is 1. The van der Waals surface area contributed by atoms with Gasteiger partial charge >= 0.3 is 0 Å². The molecule has 1 amide bonds. The van der Waals surface area contributed by atoms with Gasteiger partial charge in [-0.2, -0.15) is 0 Å². The van der Waals surface area contributed by atoms with Gasteiger partial charge in [0.15, 0.2) is 6.61 Å². The molecule has 5 nitrogen and oxygen atoms in total. The van der Waals surface area contributed by atoms with E-state index in [0.29, 0.717) is 5.75 Å². The fraction of sp³-hybridized carbons (Fsp3) is 0.0870. The second-order valence-corrected chi connectivity index (χ2v) is 6.71. The van der Waals surface area contributed by atoms with Crippen molar-refractivity contribution in [2.45, 2.75) is 6.92 Å². The number of nitrogens with one attached hydrogen (secondary N) is 2. The van der Waals surface area contributed by atoms with Crippen molar-refractivity contribution in [3.05, 3.63) is 78.4 Å². The van der Waals surface area contributed by atoms with Gasteiger partial charge < -0.3 is 20.8 Å². The fourth-order valence-electron chi connectivity index (χ4n) is 3.10. The number of rotatable bonds is 5. The third kappa shape index (κ3) is 3.83. The maximum Gasteiger partial charge on any atom is 0.262 e. The summed E-state index contributed by atoms with van der Waals surface area (Å²) in [5, 5.41) is 3.92. The number of para-hydroxylation sites is 1. The molecular formula is C23H21N3O2. The SMILES string of the molecule is Cc1ccccc1OCC(=O)Nc1ccc(-c2cc3cc(N)ccc3[nH]2)cc1. The summed E-state index contributed by atoms with van der Waals surface area (Å²) in [4.78, 5) is 15.5. The van der Waals surface area contributed by atoms with Crippen molar-refractivity contribution in [1.82, 2.24) is 4.98 Å². The molecule has 5 heteroatoms. The molecular weight excluding hydrogens is 350 g/mol. The van der Waals surface area contributed by atoms with Crippen molar-refractivity contribution in [3.63, 3.8) is 0 Å². The minimum Gasteiger partial charge on any atom is -0.483 e. The lowest BCUT2D eigenvalue weighted by molar-refractivity contribution is -0.118. The Hall–Kier alpha value is -3.73. The molecule has 4 N–H and O–H groups in total. The Morgan fingerprint density at radius 3 is 2.61 bits per heavy atom. The molecule has 1 heterocycles. The van der Waals surface area contributed by atoms with E-state index in [1.807, 2.05) is 73.7 Å². The Labute approximate surface area is 163 Å². The van der Waals surface area contributed by atoms with Crippen molar-refractivity contribution >= 4 is 28.2 Å². The second-order valence-electron chi connectivity index (χ2n) is 6.71. The maximum atomic E-state index is 12.1. The van der Waals surface area contributed by atoms with Crippen LogP contribution in [-0.4, -0.2) is 17.5 Å². The van der Waals surface area contributed by atoms with Gasteiger partial charge in [0.05, 0.1) is 0 Å². The number of ether oxygens (including phenoxy) is 1. The molecule has 0 bridgehead atoms. The minimum absolute atomic E-state index is 0.0317. The predicted octanol–water partition coefficient (Wildman–Crippen LogP) is 4.74. The number of carbonyl (C=O) groups excluding carboxylic acids is 1. The van der Waals surface area contributed by atoms with E-state index in [2.05, 4.69) is 16.4 Å². The van der Waals surface area contributed by atoms with Crippen molar-refractivity contribution in [3.8, 4) is 17.0 Å². The summed E-state index contributed by atoms with van der Waals surface area (Å²) in [5.41, 5.74) is 11.4. The predicted molar refractivity (Wildman–Crippen MR) is 113 cm³/mol. The molecule has 0 radical (unpaired) electrons. The van der Waals surface area contributed by atoms with Crippen LogP contribution in [0.5, 0.6) is 5.75 Å². The first-order valence-electron chi connectivity index (χ1n) is 9.05. The van der Waals surface area contributed by atoms with Crippen LogP contribution in [0, 0.1) is 6.92 Å². The summed E-state index contributed by atoms with van der Waals surface area (Å²) >= 11 is 0. The van der Waals surface area contributed by atoms with Gasteiger partial charge in [-0.3, -0.25) is 4.79 Å². The van der Waals surface area contributed by atoms with Gasteiger partial charge in [-0.05, 0) is 60.5 Å². The molecule has 28 heavy (non-hydrogen) atoms. The molecule has 140 valence electrons. The van der Waals surface area contributed by atoms with Crippen molar-refractivity contribution in [2.75, 3.05) is 17.7 Å². The number of nitrogens with two attached hydrogens (primary N) is 1. The van der Waals surface area contributed by atoms with Gasteiger partial charge in [-0.1, -0.05) is 30.3 Å². The summed E-state index contributed by atoms with van der Waals surface area (Å²) in [6.07, 6.45) is 0. The first kappa shape index (κ1) is 17.7. The Bertz CT molecular complexity index is 1130. The van der Waals surface area contributed by atoms with Crippen LogP contribution in [0.3, 0.4) is 0 Å². The van der Waals surface area contributed by atoms with E-state index >= 15 is 0 Å². The van der Waals surface area contributed by atoms with E-state index in [0.717, 1.165) is 39.1 Å². The molecule has 0 aliphatic heterocycles. The van der Waals surface area contributed by atoms with E-state index in [9.17, 15) is 4.79 Å². The third-order valence-corrected chi connectivity index (χ3v) is 4.58. The first-order chi connectivity index (χ1) is 13.6. The molecule has 4 aromatic rings. The van der Waals surface area contributed by atoms with E-state index in [1.165, 1.54) is 0 Å². The lowest BCUT2D eigenvalue weighted by Crippen LogP contribution is -2.20. The maximum absolute atomic E-state index is 12.1. The van der Waals surface area contributed by atoms with Gasteiger partial charge in [0.25, 0.3) is 5.91 Å². The van der Waals surface area contributed by atoms with Crippen LogP contribution >= 0.6 is 0 Å². The first-order valence-corrected chi connectivity index (χ1v) is 9.05. The Kier molecular flexibility index (Phi) is 4.72. The zero-order valence-electron chi connectivity index (χ0n) is 15.5. The number of benzene rings is 3. The third-order valence-electron chi connectivity index (χ3n) is 4.58. The number of nitrogen functional groups attached to an aromatic ring is 1. The number of aryl methyl sites for hydroxylation is 1. The highest BCUT2D eigenvalue weighted by Gasteiger charge is 2.07. The molecule has 3 aromatic carbocycles. The van der Waals surface area contributed by atoms with Crippen LogP contribution in [0.2, 0.25) is 0 Å². The average molecular weight is 371 g/mol. The highest BCUT2D eigenvalue weighted by Crippen LogP contribution is 2.26. The number of carbonyl (C=O) groups is 1. The van der Waals surface area contributed by atoms with Crippen LogP contribution in [0.25, 0.3) is 22.2 Å². The quantitative estimate of drug-likeness (QED) is 0.443. The summed E-state index contributed by atoms with van der Waals surface area (Å²) < 4.78 is 5.58. The number of fused-ring (bicyclic) bond motifs is 1. The normalized spacial score (nSPS) is 10.8. The molecule has 0 fully saturated rings. The van der Waals surface area contributed by atoms with Crippen molar-refractivity contribution in [2.24, 2.45) is 0 Å². The highest BCUT2D eigenvalue weighted by molar-refractivity contribution is 5.92. The Morgan fingerprint density at radius 1 is 1.04 bits per heavy atom. The molecule has 0 unspecified atom stereocenters. The van der Waals surface area contributed by atoms with Gasteiger partial charge in [0.2, 0.25) is 0 Å². The monoisotopic (exact) mass is 371 g/mol. The van der Waals surface area contributed by atoms with Gasteiger partial charge in [0, 0.05) is 28.0 Å².